The van der Waals surface area contributed by atoms with Gasteiger partial charge in [-0.2, -0.15) is 5.26 Å². The Hall–Kier alpha value is -1.57. The molecule has 0 saturated carbocycles. The first kappa shape index (κ1) is 12.9. The third-order valence-electron chi connectivity index (χ3n) is 3.43. The average Bonchev–Trinajstić information content (AvgIpc) is 2.40. The SMILES string of the molecule is CN1CCN(c2ccc(C[C@H](N)C#N)cc2)CC1. The molecule has 0 aromatic heterocycles. The summed E-state index contributed by atoms with van der Waals surface area (Å²) in [5.74, 6) is 0. The molecule has 0 bridgehead atoms. The van der Waals surface area contributed by atoms with E-state index in [9.17, 15) is 0 Å². The summed E-state index contributed by atoms with van der Waals surface area (Å²) in [7, 11) is 2.16. The van der Waals surface area contributed by atoms with Gasteiger partial charge in [-0.3, -0.25) is 0 Å². The molecule has 2 rings (SSSR count). The molecule has 1 aliphatic rings. The van der Waals surface area contributed by atoms with E-state index < -0.39 is 6.04 Å². The summed E-state index contributed by atoms with van der Waals surface area (Å²) < 4.78 is 0. The van der Waals surface area contributed by atoms with Crippen LogP contribution in [0.4, 0.5) is 5.69 Å². The zero-order chi connectivity index (χ0) is 13.0. The Balaban J connectivity index is 1.97. The maximum Gasteiger partial charge on any atom is 0.0968 e. The van der Waals surface area contributed by atoms with Crippen LogP contribution in [-0.2, 0) is 6.42 Å². The van der Waals surface area contributed by atoms with Crippen molar-refractivity contribution < 1.29 is 0 Å². The number of rotatable bonds is 3. The normalized spacial score (nSPS) is 18.4. The quantitative estimate of drug-likeness (QED) is 0.855. The molecule has 1 aromatic rings. The van der Waals surface area contributed by atoms with E-state index in [0.717, 1.165) is 31.7 Å². The van der Waals surface area contributed by atoms with Crippen molar-refractivity contribution in [2.45, 2.75) is 12.5 Å². The Morgan fingerprint density at radius 2 is 1.83 bits per heavy atom. The molecule has 1 aliphatic heterocycles. The molecular formula is C14H20N4. The van der Waals surface area contributed by atoms with Gasteiger partial charge in [-0.15, -0.1) is 0 Å². The van der Waals surface area contributed by atoms with Crippen LogP contribution in [0, 0.1) is 11.3 Å². The van der Waals surface area contributed by atoms with Crippen molar-refractivity contribution in [3.63, 3.8) is 0 Å². The number of nitrogens with zero attached hydrogens (tertiary/aromatic N) is 3. The second kappa shape index (κ2) is 5.85. The molecule has 1 aromatic carbocycles. The van der Waals surface area contributed by atoms with E-state index in [1.54, 1.807) is 0 Å². The number of anilines is 1. The third-order valence-corrected chi connectivity index (χ3v) is 3.43. The van der Waals surface area contributed by atoms with Crippen LogP contribution in [0.5, 0.6) is 0 Å². The molecule has 0 unspecified atom stereocenters. The molecule has 18 heavy (non-hydrogen) atoms. The number of nitrogens with two attached hydrogens (primary N) is 1. The fourth-order valence-electron chi connectivity index (χ4n) is 2.21. The van der Waals surface area contributed by atoms with Gasteiger partial charge in [0.1, 0.15) is 0 Å². The van der Waals surface area contributed by atoms with Gasteiger partial charge in [0.15, 0.2) is 0 Å². The topological polar surface area (TPSA) is 56.3 Å². The maximum absolute atomic E-state index is 8.69. The first-order chi connectivity index (χ1) is 8.69. The van der Waals surface area contributed by atoms with E-state index in [0.29, 0.717) is 6.42 Å². The number of nitriles is 1. The molecule has 1 heterocycles. The average molecular weight is 244 g/mol. The standard InChI is InChI=1S/C14H20N4/c1-17-6-8-18(9-7-17)14-4-2-12(3-5-14)10-13(16)11-15/h2-5,13H,6-10,16H2,1H3/t13-/m0/s1. The number of hydrogen-bond acceptors (Lipinski definition) is 4. The van der Waals surface area contributed by atoms with Gasteiger partial charge < -0.3 is 15.5 Å². The molecule has 4 nitrogen and oxygen atoms in total. The highest BCUT2D eigenvalue weighted by molar-refractivity contribution is 5.48. The van der Waals surface area contributed by atoms with Gasteiger partial charge >= 0.3 is 0 Å². The summed E-state index contributed by atoms with van der Waals surface area (Å²) in [4.78, 5) is 4.74. The predicted octanol–water partition coefficient (Wildman–Crippen LogP) is 0.832. The number of benzene rings is 1. The molecule has 1 saturated heterocycles. The molecule has 1 atom stereocenters. The van der Waals surface area contributed by atoms with Gasteiger partial charge in [0.25, 0.3) is 0 Å². The van der Waals surface area contributed by atoms with Crippen LogP contribution < -0.4 is 10.6 Å². The Bertz CT molecular complexity index is 412. The van der Waals surface area contributed by atoms with Crippen LogP contribution in [0.3, 0.4) is 0 Å². The maximum atomic E-state index is 8.69. The van der Waals surface area contributed by atoms with Crippen molar-refractivity contribution in [2.75, 3.05) is 38.1 Å². The van der Waals surface area contributed by atoms with E-state index in [4.69, 9.17) is 11.0 Å². The molecule has 4 heteroatoms. The molecule has 0 aliphatic carbocycles. The van der Waals surface area contributed by atoms with Gasteiger partial charge in [-0.05, 0) is 24.7 Å². The van der Waals surface area contributed by atoms with E-state index in [1.807, 2.05) is 0 Å². The largest absolute Gasteiger partial charge is 0.369 e. The Morgan fingerprint density at radius 3 is 2.39 bits per heavy atom. The van der Waals surface area contributed by atoms with Crippen LogP contribution >= 0.6 is 0 Å². The van der Waals surface area contributed by atoms with Crippen LogP contribution in [0.1, 0.15) is 5.56 Å². The smallest absolute Gasteiger partial charge is 0.0968 e. The second-order valence-corrected chi connectivity index (χ2v) is 4.90. The van der Waals surface area contributed by atoms with Crippen LogP contribution in [0.15, 0.2) is 24.3 Å². The lowest BCUT2D eigenvalue weighted by Crippen LogP contribution is -2.44. The molecule has 1 fully saturated rings. The molecule has 2 N–H and O–H groups in total. The first-order valence-corrected chi connectivity index (χ1v) is 6.36. The van der Waals surface area contributed by atoms with E-state index >= 15 is 0 Å². The molecule has 0 radical (unpaired) electrons. The van der Waals surface area contributed by atoms with Crippen molar-refractivity contribution in [1.82, 2.24) is 4.90 Å². The summed E-state index contributed by atoms with van der Waals surface area (Å²) in [6.07, 6.45) is 0.625. The minimum absolute atomic E-state index is 0.403. The minimum atomic E-state index is -0.403. The van der Waals surface area contributed by atoms with Gasteiger partial charge in [0.05, 0.1) is 12.1 Å². The van der Waals surface area contributed by atoms with Gasteiger partial charge in [-0.25, -0.2) is 0 Å². The van der Waals surface area contributed by atoms with Gasteiger partial charge in [0, 0.05) is 38.3 Å². The van der Waals surface area contributed by atoms with Crippen LogP contribution in [-0.4, -0.2) is 44.2 Å². The van der Waals surface area contributed by atoms with Gasteiger partial charge in [-0.1, -0.05) is 12.1 Å². The monoisotopic (exact) mass is 244 g/mol. The highest BCUT2D eigenvalue weighted by Gasteiger charge is 2.14. The number of piperazine rings is 1. The lowest BCUT2D eigenvalue weighted by molar-refractivity contribution is 0.313. The van der Waals surface area contributed by atoms with Crippen LogP contribution in [0.25, 0.3) is 0 Å². The van der Waals surface area contributed by atoms with Crippen LogP contribution in [0.2, 0.25) is 0 Å². The summed E-state index contributed by atoms with van der Waals surface area (Å²) >= 11 is 0. The zero-order valence-corrected chi connectivity index (χ0v) is 10.8. The third kappa shape index (κ3) is 3.22. The second-order valence-electron chi connectivity index (χ2n) is 4.90. The summed E-state index contributed by atoms with van der Waals surface area (Å²) in [5, 5.41) is 8.69. The molecular weight excluding hydrogens is 224 g/mol. The predicted molar refractivity (Wildman–Crippen MR) is 73.4 cm³/mol. The fourth-order valence-corrected chi connectivity index (χ4v) is 2.21. The van der Waals surface area contributed by atoms with Crippen molar-refractivity contribution in [3.8, 4) is 6.07 Å². The lowest BCUT2D eigenvalue weighted by Gasteiger charge is -2.34. The minimum Gasteiger partial charge on any atom is -0.369 e. The van der Waals surface area contributed by atoms with Crippen molar-refractivity contribution in [3.05, 3.63) is 29.8 Å². The fraction of sp³-hybridized carbons (Fsp3) is 0.500. The Labute approximate surface area is 109 Å². The highest BCUT2D eigenvalue weighted by Crippen LogP contribution is 2.17. The van der Waals surface area contributed by atoms with E-state index in [1.165, 1.54) is 5.69 Å². The van der Waals surface area contributed by atoms with E-state index in [-0.39, 0.29) is 0 Å². The van der Waals surface area contributed by atoms with Gasteiger partial charge in [0.2, 0.25) is 0 Å². The van der Waals surface area contributed by atoms with Crippen molar-refractivity contribution in [1.29, 1.82) is 5.26 Å². The van der Waals surface area contributed by atoms with Crippen molar-refractivity contribution >= 4 is 5.69 Å². The lowest BCUT2D eigenvalue weighted by atomic mass is 10.1. The summed E-state index contributed by atoms with van der Waals surface area (Å²) in [6.45, 7) is 4.38. The highest BCUT2D eigenvalue weighted by atomic mass is 15.2. The molecule has 0 amide bonds. The van der Waals surface area contributed by atoms with E-state index in [2.05, 4.69) is 47.2 Å². The molecule has 96 valence electrons. The first-order valence-electron chi connectivity index (χ1n) is 6.36. The molecule has 0 spiro atoms. The zero-order valence-electron chi connectivity index (χ0n) is 10.8. The Kier molecular flexibility index (Phi) is 4.19. The summed E-state index contributed by atoms with van der Waals surface area (Å²) in [6, 6.07) is 10.1. The van der Waals surface area contributed by atoms with Crippen molar-refractivity contribution in [2.24, 2.45) is 5.73 Å². The number of likely N-dealkylation sites (N-methyl/N-ethyl adjacent to an activating group) is 1. The Morgan fingerprint density at radius 1 is 1.22 bits per heavy atom. The number of hydrogen-bond donors (Lipinski definition) is 1. The summed E-state index contributed by atoms with van der Waals surface area (Å²) in [5.41, 5.74) is 8.01.